The van der Waals surface area contributed by atoms with Crippen molar-refractivity contribution < 1.29 is 30.0 Å². The molecule has 2 aromatic heterocycles. The Morgan fingerprint density at radius 3 is 2.07 bits per heavy atom. The van der Waals surface area contributed by atoms with Crippen LogP contribution in [0.5, 0.6) is 0 Å². The van der Waals surface area contributed by atoms with E-state index in [1.54, 1.807) is 8.79 Å². The SMILES string of the molecule is CCC(CC)C(=O)/C=C(\O)C(CC)CC.Cc1c(-c2cc[c]3[c](c2)[Ge]([CH3])([CH3])[CH2][CH2][Ge]3([CH3])[CH3])ccc2c1sc1c(-c3[c-]c4ccccc4c(C(C)(C)C)c3)nccc12.[Ir]. The zero-order valence-electron chi connectivity index (χ0n) is 36.9. The minimum atomic E-state index is -1.98. The smallest absolute Gasteiger partial charge is 0 e. The maximum Gasteiger partial charge on any atom is 0 e. The van der Waals surface area contributed by atoms with Crippen molar-refractivity contribution in [3.63, 3.8) is 0 Å². The standard InChI is InChI=1S/C38H40Ge2NS.C13H24O2.Ir/c1-24-28(26-13-16-33-34(23-26)40(7,8)19-18-39(33,5)6)14-15-30-31-17-20-41-35(37(31)42-36(24)30)27-21-25-11-9-10-12-29(25)32(22-27)38(2,3)4;1-5-10(6-2)12(14)9-13(15)11(7-3)8-4;/h9-17,20,22-23H,18-19H2,1-8H3;9-11,14H,5-8H2,1-4H3;/q-1;;/b;12-9-;. The van der Waals surface area contributed by atoms with E-state index in [0.29, 0.717) is 0 Å². The molecule has 6 aromatic rings. The zero-order valence-corrected chi connectivity index (χ0v) is 44.4. The molecule has 3 nitrogen and oxygen atoms in total. The van der Waals surface area contributed by atoms with Crippen LogP contribution >= 0.6 is 11.3 Å². The minimum absolute atomic E-state index is 0. The van der Waals surface area contributed by atoms with E-state index in [1.165, 1.54) is 64.4 Å². The van der Waals surface area contributed by atoms with Crippen molar-refractivity contribution in [2.45, 2.75) is 120 Å². The Hall–Kier alpha value is -2.54. The summed E-state index contributed by atoms with van der Waals surface area (Å²) < 4.78 is 6.21. The van der Waals surface area contributed by atoms with Gasteiger partial charge in [-0.1, -0.05) is 72.1 Å². The number of pyridine rings is 1. The molecular weight excluding hydrogens is 1030 g/mol. The van der Waals surface area contributed by atoms with Gasteiger partial charge in [0.2, 0.25) is 0 Å². The molecule has 0 atom stereocenters. The molecule has 0 spiro atoms. The number of ketones is 1. The first kappa shape index (κ1) is 46.5. The van der Waals surface area contributed by atoms with Gasteiger partial charge in [0.05, 0.1) is 5.76 Å². The van der Waals surface area contributed by atoms with Crippen molar-refractivity contribution >= 4 is 83.4 Å². The monoisotopic (exact) mass is 1100 g/mol. The Morgan fingerprint density at radius 2 is 1.43 bits per heavy atom. The quantitative estimate of drug-likeness (QED) is 0.0679. The number of aryl methyl sites for hydroxylation is 1. The van der Waals surface area contributed by atoms with Gasteiger partial charge in [-0.15, -0.1) is 6.07 Å². The first-order chi connectivity index (χ1) is 26.9. The number of benzene rings is 4. The second-order valence-electron chi connectivity index (χ2n) is 18.7. The minimum Gasteiger partial charge on any atom is 0 e. The number of rotatable bonds is 9. The number of allylic oxidation sites excluding steroid dienone is 2. The molecule has 0 saturated heterocycles. The van der Waals surface area contributed by atoms with Crippen LogP contribution in [0.3, 0.4) is 0 Å². The maximum absolute atomic E-state index is 11.7. The predicted molar refractivity (Wildman–Crippen MR) is 255 cm³/mol. The number of aliphatic hydroxyl groups excluding tert-OH is 1. The van der Waals surface area contributed by atoms with Crippen molar-refractivity contribution in [1.29, 1.82) is 0 Å². The molecule has 0 fully saturated rings. The van der Waals surface area contributed by atoms with Crippen LogP contribution in [0.1, 0.15) is 85.3 Å². The van der Waals surface area contributed by atoms with Crippen molar-refractivity contribution in [3.05, 3.63) is 102 Å². The number of nitrogens with zero attached hydrogens (tertiary/aromatic N) is 1. The molecule has 7 rings (SSSR count). The van der Waals surface area contributed by atoms with E-state index < -0.39 is 26.5 Å². The molecule has 1 aliphatic heterocycles. The number of thiophene rings is 1. The first-order valence-electron chi connectivity index (χ1n) is 21.3. The molecule has 0 aliphatic carbocycles. The molecule has 0 bridgehead atoms. The zero-order chi connectivity index (χ0) is 41.4. The van der Waals surface area contributed by atoms with Crippen molar-refractivity contribution in [3.8, 4) is 22.4 Å². The van der Waals surface area contributed by atoms with Gasteiger partial charge in [-0.25, -0.2) is 0 Å². The molecule has 4 aromatic carbocycles. The average Bonchev–Trinajstić information content (AvgIpc) is 3.57. The third kappa shape index (κ3) is 9.35. The number of hydrogen-bond donors (Lipinski definition) is 1. The summed E-state index contributed by atoms with van der Waals surface area (Å²) in [5.41, 5.74) is 7.67. The van der Waals surface area contributed by atoms with Gasteiger partial charge >= 0.3 is 206 Å². The molecule has 0 saturated carbocycles. The second kappa shape index (κ2) is 18.6. The van der Waals surface area contributed by atoms with E-state index in [9.17, 15) is 9.90 Å². The van der Waals surface area contributed by atoms with Gasteiger partial charge in [0.1, 0.15) is 0 Å². The number of carbonyl (C=O) groups is 1. The average molecular weight is 1090 g/mol. The Morgan fingerprint density at radius 1 is 0.810 bits per heavy atom. The third-order valence-electron chi connectivity index (χ3n) is 12.9. The van der Waals surface area contributed by atoms with Crippen molar-refractivity contribution in [2.75, 3.05) is 0 Å². The van der Waals surface area contributed by atoms with Crippen molar-refractivity contribution in [2.24, 2.45) is 11.8 Å². The molecule has 0 amide bonds. The molecule has 309 valence electrons. The van der Waals surface area contributed by atoms with E-state index in [1.807, 2.05) is 45.2 Å². The Kier molecular flexibility index (Phi) is 14.9. The first-order valence-corrected chi connectivity index (χ1v) is 35.6. The van der Waals surface area contributed by atoms with Crippen LogP contribution in [-0.2, 0) is 30.3 Å². The Balaban J connectivity index is 0.000000344. The summed E-state index contributed by atoms with van der Waals surface area (Å²) in [5.74, 6) is 11.0. The van der Waals surface area contributed by atoms with Crippen LogP contribution in [0, 0.1) is 24.8 Å². The van der Waals surface area contributed by atoms with Crippen LogP contribution in [0.4, 0.5) is 0 Å². The molecule has 1 N–H and O–H groups in total. The van der Waals surface area contributed by atoms with E-state index >= 15 is 0 Å². The van der Waals surface area contributed by atoms with Gasteiger partial charge in [-0.2, -0.15) is 0 Å². The van der Waals surface area contributed by atoms with Crippen LogP contribution in [0.15, 0.2) is 84.8 Å². The van der Waals surface area contributed by atoms with E-state index in [4.69, 9.17) is 4.98 Å². The Bertz CT molecular complexity index is 2470. The van der Waals surface area contributed by atoms with Gasteiger partial charge in [-0.3, -0.25) is 4.79 Å². The summed E-state index contributed by atoms with van der Waals surface area (Å²) in [5, 5.41) is 17.8. The second-order valence-corrected chi connectivity index (χ2v) is 39.9. The normalized spacial score (nSPS) is 15.0. The fourth-order valence-corrected chi connectivity index (χ4v) is 40.6. The van der Waals surface area contributed by atoms with Crippen LogP contribution in [0.2, 0.25) is 33.5 Å². The topological polar surface area (TPSA) is 50.2 Å². The summed E-state index contributed by atoms with van der Waals surface area (Å²) in [7, 11) is 0. The van der Waals surface area contributed by atoms with Gasteiger partial charge < -0.3 is 5.11 Å². The van der Waals surface area contributed by atoms with Crippen LogP contribution in [0.25, 0.3) is 53.3 Å². The van der Waals surface area contributed by atoms with E-state index in [-0.39, 0.29) is 48.9 Å². The number of hydrogen-bond acceptors (Lipinski definition) is 4. The van der Waals surface area contributed by atoms with Crippen molar-refractivity contribution in [1.82, 2.24) is 4.98 Å². The van der Waals surface area contributed by atoms with E-state index in [2.05, 4.69) is 124 Å². The largest absolute Gasteiger partial charge is 0 e. The van der Waals surface area contributed by atoms with Gasteiger partial charge in [0.25, 0.3) is 0 Å². The predicted octanol–water partition coefficient (Wildman–Crippen LogP) is 14.1. The van der Waals surface area contributed by atoms with Gasteiger partial charge in [-0.05, 0) is 31.1 Å². The van der Waals surface area contributed by atoms with Gasteiger partial charge in [0.15, 0.2) is 5.78 Å². The number of aromatic nitrogens is 1. The fourth-order valence-electron chi connectivity index (χ4n) is 8.92. The number of fused-ring (bicyclic) bond motifs is 5. The number of carbonyl (C=O) groups excluding carboxylic acids is 1. The molecule has 0 unspecified atom stereocenters. The molecule has 7 heteroatoms. The summed E-state index contributed by atoms with van der Waals surface area (Å²) in [6, 6.07) is 29.3. The molecule has 1 aliphatic rings. The summed E-state index contributed by atoms with van der Waals surface area (Å²) >= 11 is -1.98. The summed E-state index contributed by atoms with van der Waals surface area (Å²) in [6.07, 6.45) is 6.89. The maximum atomic E-state index is 11.7. The van der Waals surface area contributed by atoms with E-state index in [0.717, 1.165) is 42.3 Å². The molecule has 1 radical (unpaired) electrons. The van der Waals surface area contributed by atoms with Crippen LogP contribution < -0.4 is 8.79 Å². The third-order valence-corrected chi connectivity index (χ3v) is 31.7. The molecule has 3 heterocycles. The molecular formula is C51H64Ge2IrNO2S-. The molecule has 58 heavy (non-hydrogen) atoms. The fraction of sp³-hybridized carbons (Fsp3) is 0.412. The summed E-state index contributed by atoms with van der Waals surface area (Å²) in [4.78, 5) is 16.7. The number of aliphatic hydroxyl groups is 1. The van der Waals surface area contributed by atoms with Gasteiger partial charge in [0, 0.05) is 38.0 Å². The Labute approximate surface area is 371 Å². The van der Waals surface area contributed by atoms with Crippen LogP contribution in [-0.4, -0.2) is 42.4 Å². The summed E-state index contributed by atoms with van der Waals surface area (Å²) in [6.45, 7) is 17.3.